The van der Waals surface area contributed by atoms with Crippen LogP contribution in [0.4, 0.5) is 5.69 Å². The quantitative estimate of drug-likeness (QED) is 0.850. The van der Waals surface area contributed by atoms with E-state index in [4.69, 9.17) is 10.2 Å². The van der Waals surface area contributed by atoms with Crippen molar-refractivity contribution in [2.45, 2.75) is 20.3 Å². The lowest BCUT2D eigenvalue weighted by Crippen LogP contribution is -2.11. The van der Waals surface area contributed by atoms with E-state index in [0.717, 1.165) is 29.0 Å². The maximum atomic E-state index is 12.1. The molecule has 0 unspecified atom stereocenters. The number of hydrogen-bond acceptors (Lipinski definition) is 3. The molecule has 0 fully saturated rings. The van der Waals surface area contributed by atoms with Crippen molar-refractivity contribution < 1.29 is 9.21 Å². The van der Waals surface area contributed by atoms with Gasteiger partial charge in [-0.3, -0.25) is 4.79 Å². The first-order chi connectivity index (χ1) is 10.1. The summed E-state index contributed by atoms with van der Waals surface area (Å²) in [5.41, 5.74) is 7.91. The Bertz CT molecular complexity index is 705. The molecule has 2 aromatic rings. The molecule has 3 N–H and O–H groups in total. The minimum atomic E-state index is -0.251. The fraction of sp³-hybridized carbons (Fsp3) is 0.235. The maximum Gasteiger partial charge on any atom is 0.291 e. The number of nitrogens with two attached hydrogens (primary N) is 1. The molecule has 0 radical (unpaired) electrons. The van der Waals surface area contributed by atoms with Gasteiger partial charge in [-0.2, -0.15) is 0 Å². The van der Waals surface area contributed by atoms with Crippen molar-refractivity contribution in [3.05, 3.63) is 53.0 Å². The van der Waals surface area contributed by atoms with Gasteiger partial charge in [-0.1, -0.05) is 18.8 Å². The monoisotopic (exact) mass is 282 g/mol. The number of hydrogen-bond donors (Lipinski definition) is 2. The lowest BCUT2D eigenvalue weighted by atomic mass is 10.1. The van der Waals surface area contributed by atoms with Crippen LogP contribution in [0.25, 0.3) is 0 Å². The summed E-state index contributed by atoms with van der Waals surface area (Å²) in [6.07, 6.45) is 0.765. The van der Waals surface area contributed by atoms with E-state index in [0.29, 0.717) is 12.3 Å². The van der Waals surface area contributed by atoms with E-state index < -0.39 is 0 Å². The number of carbonyl (C=O) groups excluding carboxylic acids is 1. The zero-order valence-corrected chi connectivity index (χ0v) is 12.2. The molecule has 0 saturated carbocycles. The molecule has 1 amide bonds. The van der Waals surface area contributed by atoms with E-state index in [9.17, 15) is 4.79 Å². The average Bonchev–Trinajstić information content (AvgIpc) is 2.96. The second-order valence-corrected chi connectivity index (χ2v) is 4.61. The van der Waals surface area contributed by atoms with Gasteiger partial charge in [0.05, 0.1) is 6.54 Å². The molecule has 2 rings (SSSR count). The van der Waals surface area contributed by atoms with Crippen molar-refractivity contribution in [3.63, 3.8) is 0 Å². The van der Waals surface area contributed by atoms with Crippen LogP contribution in [0.2, 0.25) is 0 Å². The predicted molar refractivity (Wildman–Crippen MR) is 83.2 cm³/mol. The van der Waals surface area contributed by atoms with Gasteiger partial charge in [-0.25, -0.2) is 0 Å². The van der Waals surface area contributed by atoms with Crippen molar-refractivity contribution >= 4 is 11.6 Å². The molecular formula is C17H18N2O2. The molecule has 1 aromatic carbocycles. The van der Waals surface area contributed by atoms with Crippen LogP contribution in [0.3, 0.4) is 0 Å². The Morgan fingerprint density at radius 3 is 2.76 bits per heavy atom. The van der Waals surface area contributed by atoms with E-state index in [2.05, 4.69) is 17.2 Å². The largest absolute Gasteiger partial charge is 0.456 e. The normalized spacial score (nSPS) is 9.86. The Labute approximate surface area is 124 Å². The highest BCUT2D eigenvalue weighted by Gasteiger charge is 2.12. The van der Waals surface area contributed by atoms with Crippen LogP contribution in [0.1, 0.15) is 34.4 Å². The molecule has 1 heterocycles. The van der Waals surface area contributed by atoms with E-state index in [1.165, 1.54) is 0 Å². The van der Waals surface area contributed by atoms with Crippen molar-refractivity contribution in [2.75, 3.05) is 11.9 Å². The standard InChI is InChI=1S/C17H18N2O2/c1-3-14-7-9-16(21-14)17(20)19-15-8-6-13(5-4-10-18)11-12(15)2/h6-9,11H,3,10,18H2,1-2H3,(H,19,20). The van der Waals surface area contributed by atoms with Crippen LogP contribution in [-0.4, -0.2) is 12.5 Å². The molecule has 0 bridgehead atoms. The van der Waals surface area contributed by atoms with Crippen molar-refractivity contribution in [1.29, 1.82) is 0 Å². The van der Waals surface area contributed by atoms with Gasteiger partial charge in [0.25, 0.3) is 5.91 Å². The molecule has 0 saturated heterocycles. The van der Waals surface area contributed by atoms with Gasteiger partial charge in [0.1, 0.15) is 5.76 Å². The summed E-state index contributed by atoms with van der Waals surface area (Å²) in [5.74, 6) is 6.63. The lowest BCUT2D eigenvalue weighted by molar-refractivity contribution is 0.0995. The topological polar surface area (TPSA) is 68.3 Å². The third kappa shape index (κ3) is 3.74. The van der Waals surface area contributed by atoms with Gasteiger partial charge in [0.15, 0.2) is 5.76 Å². The molecular weight excluding hydrogens is 264 g/mol. The first-order valence-corrected chi connectivity index (χ1v) is 6.83. The lowest BCUT2D eigenvalue weighted by Gasteiger charge is -2.07. The molecule has 1 aromatic heterocycles. The van der Waals surface area contributed by atoms with E-state index in [1.807, 2.05) is 38.1 Å². The number of carbonyl (C=O) groups is 1. The fourth-order valence-corrected chi connectivity index (χ4v) is 1.91. The van der Waals surface area contributed by atoms with Crippen LogP contribution in [0, 0.1) is 18.8 Å². The summed E-state index contributed by atoms with van der Waals surface area (Å²) in [4.78, 5) is 12.1. The molecule has 0 aliphatic rings. The number of aryl methyl sites for hydroxylation is 2. The number of amides is 1. The summed E-state index contributed by atoms with van der Waals surface area (Å²) in [5, 5.41) is 2.84. The molecule has 4 nitrogen and oxygen atoms in total. The second kappa shape index (κ2) is 6.78. The minimum absolute atomic E-state index is 0.251. The Morgan fingerprint density at radius 2 is 2.14 bits per heavy atom. The van der Waals surface area contributed by atoms with Gasteiger partial charge >= 0.3 is 0 Å². The van der Waals surface area contributed by atoms with Gasteiger partial charge < -0.3 is 15.5 Å². The summed E-state index contributed by atoms with van der Waals surface area (Å²) in [6, 6.07) is 9.10. The molecule has 0 atom stereocenters. The van der Waals surface area contributed by atoms with Crippen molar-refractivity contribution in [1.82, 2.24) is 0 Å². The highest BCUT2D eigenvalue weighted by molar-refractivity contribution is 6.02. The summed E-state index contributed by atoms with van der Waals surface area (Å²) in [6.45, 7) is 4.23. The summed E-state index contributed by atoms with van der Waals surface area (Å²) in [7, 11) is 0. The molecule has 4 heteroatoms. The Balaban J connectivity index is 2.14. The SMILES string of the molecule is CCc1ccc(C(=O)Nc2ccc(C#CCN)cc2C)o1. The van der Waals surface area contributed by atoms with Gasteiger partial charge in [-0.15, -0.1) is 0 Å². The predicted octanol–water partition coefficient (Wildman–Crippen LogP) is 2.71. The van der Waals surface area contributed by atoms with Crippen molar-refractivity contribution in [3.8, 4) is 11.8 Å². The number of rotatable bonds is 3. The molecule has 21 heavy (non-hydrogen) atoms. The van der Waals surface area contributed by atoms with Crippen LogP contribution in [0.5, 0.6) is 0 Å². The Kier molecular flexibility index (Phi) is 4.81. The maximum absolute atomic E-state index is 12.1. The zero-order chi connectivity index (χ0) is 15.2. The van der Waals surface area contributed by atoms with E-state index in [-0.39, 0.29) is 5.91 Å². The smallest absolute Gasteiger partial charge is 0.291 e. The van der Waals surface area contributed by atoms with Crippen LogP contribution in [-0.2, 0) is 6.42 Å². The van der Waals surface area contributed by atoms with Crippen LogP contribution < -0.4 is 11.1 Å². The summed E-state index contributed by atoms with van der Waals surface area (Å²) < 4.78 is 5.44. The van der Waals surface area contributed by atoms with Crippen LogP contribution >= 0.6 is 0 Å². The summed E-state index contributed by atoms with van der Waals surface area (Å²) >= 11 is 0. The number of benzene rings is 1. The number of anilines is 1. The Hall–Kier alpha value is -2.51. The Morgan fingerprint density at radius 1 is 1.33 bits per heavy atom. The third-order valence-corrected chi connectivity index (χ3v) is 3.04. The molecule has 0 aliphatic carbocycles. The van der Waals surface area contributed by atoms with Gasteiger partial charge in [0, 0.05) is 17.7 Å². The van der Waals surface area contributed by atoms with Gasteiger partial charge in [0.2, 0.25) is 0 Å². The van der Waals surface area contributed by atoms with Crippen LogP contribution in [0.15, 0.2) is 34.7 Å². The fourth-order valence-electron chi connectivity index (χ4n) is 1.91. The highest BCUT2D eigenvalue weighted by atomic mass is 16.3. The third-order valence-electron chi connectivity index (χ3n) is 3.04. The highest BCUT2D eigenvalue weighted by Crippen LogP contribution is 2.18. The second-order valence-electron chi connectivity index (χ2n) is 4.61. The first-order valence-electron chi connectivity index (χ1n) is 6.83. The molecule has 0 aliphatic heterocycles. The minimum Gasteiger partial charge on any atom is -0.456 e. The van der Waals surface area contributed by atoms with Gasteiger partial charge in [-0.05, 0) is 42.8 Å². The first kappa shape index (κ1) is 14.9. The molecule has 0 spiro atoms. The average molecular weight is 282 g/mol. The number of furan rings is 1. The van der Waals surface area contributed by atoms with Crippen molar-refractivity contribution in [2.24, 2.45) is 5.73 Å². The zero-order valence-electron chi connectivity index (χ0n) is 12.2. The molecule has 108 valence electrons. The van der Waals surface area contributed by atoms with E-state index >= 15 is 0 Å². The number of nitrogens with one attached hydrogen (secondary N) is 1. The van der Waals surface area contributed by atoms with E-state index in [1.54, 1.807) is 6.07 Å².